The predicted molar refractivity (Wildman–Crippen MR) is 78.9 cm³/mol. The fourth-order valence-corrected chi connectivity index (χ4v) is 3.69. The zero-order chi connectivity index (χ0) is 12.4. The molecule has 0 saturated carbocycles. The number of nitrogens with one attached hydrogen (secondary N) is 1. The molecular formula is C13H16N2OS2. The molecule has 1 aromatic carbocycles. The largest absolute Gasteiger partial charge is 0.382 e. The summed E-state index contributed by atoms with van der Waals surface area (Å²) in [5.74, 6) is 0. The molecule has 0 spiro atoms. The second-order valence-electron chi connectivity index (χ2n) is 4.40. The first-order valence-corrected chi connectivity index (χ1v) is 8.18. The molecule has 0 aliphatic carbocycles. The third-order valence-corrected chi connectivity index (χ3v) is 5.14. The van der Waals surface area contributed by atoms with E-state index in [-0.39, 0.29) is 0 Å². The summed E-state index contributed by atoms with van der Waals surface area (Å²) in [5, 5.41) is 3.59. The summed E-state index contributed by atoms with van der Waals surface area (Å²) in [6.07, 6.45) is 4.26. The van der Waals surface area contributed by atoms with Gasteiger partial charge in [-0.05, 0) is 37.3 Å². The Bertz CT molecular complexity index is 535. The van der Waals surface area contributed by atoms with Gasteiger partial charge in [-0.25, -0.2) is 4.98 Å². The van der Waals surface area contributed by atoms with Gasteiger partial charge in [0, 0.05) is 24.9 Å². The van der Waals surface area contributed by atoms with E-state index in [1.165, 1.54) is 10.4 Å². The van der Waals surface area contributed by atoms with E-state index >= 15 is 0 Å². The fourth-order valence-electron chi connectivity index (χ4n) is 2.16. The monoisotopic (exact) mass is 280 g/mol. The van der Waals surface area contributed by atoms with Gasteiger partial charge in [0.1, 0.15) is 0 Å². The highest BCUT2D eigenvalue weighted by Crippen LogP contribution is 2.30. The van der Waals surface area contributed by atoms with Crippen molar-refractivity contribution in [2.45, 2.75) is 23.2 Å². The highest BCUT2D eigenvalue weighted by Gasteiger charge is 2.13. The van der Waals surface area contributed by atoms with E-state index in [0.29, 0.717) is 6.04 Å². The lowest BCUT2D eigenvalue weighted by molar-refractivity contribution is 0.0904. The second kappa shape index (κ2) is 5.47. The first-order chi connectivity index (χ1) is 8.85. The molecule has 96 valence electrons. The van der Waals surface area contributed by atoms with Crippen LogP contribution in [0.15, 0.2) is 22.5 Å². The Morgan fingerprint density at radius 3 is 3.00 bits per heavy atom. The number of benzene rings is 1. The normalized spacial score (nSPS) is 17.2. The van der Waals surface area contributed by atoms with Crippen LogP contribution in [0, 0.1) is 0 Å². The van der Waals surface area contributed by atoms with Crippen LogP contribution in [0.5, 0.6) is 0 Å². The van der Waals surface area contributed by atoms with Crippen molar-refractivity contribution in [3.05, 3.63) is 18.2 Å². The molecule has 1 aliphatic rings. The van der Waals surface area contributed by atoms with Crippen LogP contribution in [0.1, 0.15) is 12.8 Å². The molecule has 0 atom stereocenters. The molecule has 2 heterocycles. The van der Waals surface area contributed by atoms with Gasteiger partial charge in [-0.15, -0.1) is 11.3 Å². The van der Waals surface area contributed by atoms with Gasteiger partial charge < -0.3 is 10.1 Å². The Kier molecular flexibility index (Phi) is 3.72. The number of aromatic nitrogens is 1. The zero-order valence-corrected chi connectivity index (χ0v) is 11.9. The van der Waals surface area contributed by atoms with Gasteiger partial charge in [-0.1, -0.05) is 11.8 Å². The summed E-state index contributed by atoms with van der Waals surface area (Å²) in [6, 6.07) is 6.99. The van der Waals surface area contributed by atoms with Crippen molar-refractivity contribution in [2.75, 3.05) is 24.8 Å². The van der Waals surface area contributed by atoms with Crippen LogP contribution in [0.4, 0.5) is 5.69 Å². The van der Waals surface area contributed by atoms with Crippen molar-refractivity contribution in [1.82, 2.24) is 4.98 Å². The number of thioether (sulfide) groups is 1. The van der Waals surface area contributed by atoms with Gasteiger partial charge in [-0.2, -0.15) is 0 Å². The Morgan fingerprint density at radius 1 is 1.39 bits per heavy atom. The van der Waals surface area contributed by atoms with Crippen molar-refractivity contribution in [1.29, 1.82) is 0 Å². The SMILES string of the molecule is CSc1nc2ccc(NC3CCOCC3)cc2s1. The van der Waals surface area contributed by atoms with Crippen LogP contribution in [0.3, 0.4) is 0 Å². The molecule has 1 N–H and O–H groups in total. The minimum atomic E-state index is 0.546. The number of nitrogens with zero attached hydrogens (tertiary/aromatic N) is 1. The first kappa shape index (κ1) is 12.3. The van der Waals surface area contributed by atoms with Gasteiger partial charge in [-0.3, -0.25) is 0 Å². The van der Waals surface area contributed by atoms with E-state index in [1.807, 2.05) is 0 Å². The molecule has 2 aromatic rings. The molecule has 1 aromatic heterocycles. The van der Waals surface area contributed by atoms with Crippen molar-refractivity contribution < 1.29 is 4.74 Å². The Balaban J connectivity index is 1.79. The van der Waals surface area contributed by atoms with Crippen LogP contribution in [0.2, 0.25) is 0 Å². The number of thiazole rings is 1. The predicted octanol–water partition coefficient (Wildman–Crippen LogP) is 3.61. The van der Waals surface area contributed by atoms with Crippen LogP contribution in [-0.2, 0) is 4.74 Å². The lowest BCUT2D eigenvalue weighted by atomic mass is 10.1. The minimum Gasteiger partial charge on any atom is -0.382 e. The maximum absolute atomic E-state index is 5.37. The Morgan fingerprint density at radius 2 is 2.22 bits per heavy atom. The highest BCUT2D eigenvalue weighted by atomic mass is 32.2. The van der Waals surface area contributed by atoms with Gasteiger partial charge in [0.2, 0.25) is 0 Å². The van der Waals surface area contributed by atoms with Crippen LogP contribution in [0.25, 0.3) is 10.2 Å². The summed E-state index contributed by atoms with van der Waals surface area (Å²) in [5.41, 5.74) is 2.30. The van der Waals surface area contributed by atoms with E-state index in [0.717, 1.165) is 35.9 Å². The molecule has 0 amide bonds. The molecule has 3 nitrogen and oxygen atoms in total. The Labute approximate surface area is 115 Å². The molecule has 1 fully saturated rings. The summed E-state index contributed by atoms with van der Waals surface area (Å²) in [7, 11) is 0. The van der Waals surface area contributed by atoms with Gasteiger partial charge >= 0.3 is 0 Å². The number of fused-ring (bicyclic) bond motifs is 1. The molecular weight excluding hydrogens is 264 g/mol. The van der Waals surface area contributed by atoms with Crippen molar-refractivity contribution >= 4 is 39.0 Å². The first-order valence-electron chi connectivity index (χ1n) is 6.14. The van der Waals surface area contributed by atoms with E-state index in [2.05, 4.69) is 34.8 Å². The van der Waals surface area contributed by atoms with Crippen LogP contribution >= 0.6 is 23.1 Å². The van der Waals surface area contributed by atoms with Crippen molar-refractivity contribution in [3.8, 4) is 0 Å². The topological polar surface area (TPSA) is 34.2 Å². The van der Waals surface area contributed by atoms with Crippen molar-refractivity contribution in [2.24, 2.45) is 0 Å². The molecule has 0 unspecified atom stereocenters. The minimum absolute atomic E-state index is 0.546. The molecule has 3 rings (SSSR count). The summed E-state index contributed by atoms with van der Waals surface area (Å²) >= 11 is 3.47. The van der Waals surface area contributed by atoms with Gasteiger partial charge in [0.15, 0.2) is 4.34 Å². The summed E-state index contributed by atoms with van der Waals surface area (Å²) in [6.45, 7) is 1.74. The third kappa shape index (κ3) is 2.63. The highest BCUT2D eigenvalue weighted by molar-refractivity contribution is 8.00. The quantitative estimate of drug-likeness (QED) is 0.871. The van der Waals surface area contributed by atoms with E-state index in [4.69, 9.17) is 4.74 Å². The Hall–Kier alpha value is -0.780. The molecule has 5 heteroatoms. The zero-order valence-electron chi connectivity index (χ0n) is 10.3. The van der Waals surface area contributed by atoms with Crippen molar-refractivity contribution in [3.63, 3.8) is 0 Å². The number of rotatable bonds is 3. The summed E-state index contributed by atoms with van der Waals surface area (Å²) in [4.78, 5) is 4.55. The third-order valence-electron chi connectivity index (χ3n) is 3.14. The van der Waals surface area contributed by atoms with E-state index in [9.17, 15) is 0 Å². The van der Waals surface area contributed by atoms with Gasteiger partial charge in [0.25, 0.3) is 0 Å². The lowest BCUT2D eigenvalue weighted by Crippen LogP contribution is -2.27. The fraction of sp³-hybridized carbons (Fsp3) is 0.462. The van der Waals surface area contributed by atoms with E-state index < -0.39 is 0 Å². The van der Waals surface area contributed by atoms with Gasteiger partial charge in [0.05, 0.1) is 10.2 Å². The molecule has 1 saturated heterocycles. The molecule has 18 heavy (non-hydrogen) atoms. The molecule has 0 radical (unpaired) electrons. The second-order valence-corrected chi connectivity index (χ2v) is 6.48. The van der Waals surface area contributed by atoms with E-state index in [1.54, 1.807) is 23.1 Å². The smallest absolute Gasteiger partial charge is 0.150 e. The lowest BCUT2D eigenvalue weighted by Gasteiger charge is -2.24. The maximum Gasteiger partial charge on any atom is 0.150 e. The van der Waals surface area contributed by atoms with Crippen LogP contribution in [-0.4, -0.2) is 30.5 Å². The van der Waals surface area contributed by atoms with Crippen LogP contribution < -0.4 is 5.32 Å². The maximum atomic E-state index is 5.37. The summed E-state index contributed by atoms with van der Waals surface area (Å²) < 4.78 is 7.77. The molecule has 1 aliphatic heterocycles. The number of hydrogen-bond acceptors (Lipinski definition) is 5. The number of ether oxygens (including phenoxy) is 1. The number of hydrogen-bond donors (Lipinski definition) is 1. The average molecular weight is 280 g/mol. The molecule has 0 bridgehead atoms. The number of anilines is 1. The average Bonchev–Trinajstić information content (AvgIpc) is 2.82. The standard InChI is InChI=1S/C13H16N2OS2/c1-17-13-15-11-3-2-10(8-12(11)18-13)14-9-4-6-16-7-5-9/h2-3,8-9,14H,4-7H2,1H3.